The van der Waals surface area contributed by atoms with Crippen molar-refractivity contribution in [2.24, 2.45) is 19.2 Å². The van der Waals surface area contributed by atoms with Gasteiger partial charge in [-0.15, -0.1) is 0 Å². The van der Waals surface area contributed by atoms with Crippen molar-refractivity contribution >= 4 is 40.1 Å². The number of ether oxygens (including phenoxy) is 1. The van der Waals surface area contributed by atoms with Gasteiger partial charge in [-0.05, 0) is 60.7 Å². The zero-order chi connectivity index (χ0) is 22.7. The summed E-state index contributed by atoms with van der Waals surface area (Å²) in [5.41, 5.74) is 5.22. The van der Waals surface area contributed by atoms with Crippen LogP contribution in [0.5, 0.6) is 5.75 Å². The van der Waals surface area contributed by atoms with E-state index in [9.17, 15) is 4.79 Å². The number of benzene rings is 3. The van der Waals surface area contributed by atoms with Crippen LogP contribution < -0.4 is 19.6 Å². The molecule has 0 aliphatic rings. The summed E-state index contributed by atoms with van der Waals surface area (Å²) in [7, 11) is 7.36. The van der Waals surface area contributed by atoms with Gasteiger partial charge in [-0.25, -0.2) is 9.13 Å². The van der Waals surface area contributed by atoms with Crippen molar-refractivity contribution in [3.63, 3.8) is 0 Å². The number of rotatable bonds is 7. The van der Waals surface area contributed by atoms with Gasteiger partial charge in [0.1, 0.15) is 5.75 Å². The average Bonchev–Trinajstić information content (AvgIpc) is 3.08. The van der Waals surface area contributed by atoms with Crippen molar-refractivity contribution in [1.29, 1.82) is 0 Å². The summed E-state index contributed by atoms with van der Waals surface area (Å²) in [6.45, 7) is 0. The van der Waals surface area contributed by atoms with Crippen LogP contribution in [0.25, 0.3) is 11.0 Å². The molecule has 0 aliphatic carbocycles. The van der Waals surface area contributed by atoms with Gasteiger partial charge < -0.3 is 10.1 Å². The number of aryl methyl sites for hydroxylation is 2. The minimum absolute atomic E-state index is 0.356. The molecule has 0 spiro atoms. The zero-order valence-electron chi connectivity index (χ0n) is 18.6. The number of imidazole rings is 1. The second-order valence-electron chi connectivity index (χ2n) is 7.46. The molecule has 7 nitrogen and oxygen atoms in total. The fourth-order valence-corrected chi connectivity index (χ4v) is 3.77. The number of carbonyl (C=O) groups excluding carboxylic acids is 1. The Bertz CT molecular complexity index is 1240. The van der Waals surface area contributed by atoms with Gasteiger partial charge in [0, 0.05) is 18.4 Å². The number of aromatic nitrogens is 2. The molecule has 0 unspecified atom stereocenters. The first-order chi connectivity index (χ1) is 15.5. The lowest BCUT2D eigenvalue weighted by molar-refractivity contribution is -0.646. The summed E-state index contributed by atoms with van der Waals surface area (Å²) in [6.07, 6.45) is 0.796. The first-order valence-corrected chi connectivity index (χ1v) is 10.2. The molecule has 32 heavy (non-hydrogen) atoms. The van der Waals surface area contributed by atoms with Crippen LogP contribution in [0.3, 0.4) is 0 Å². The third kappa shape index (κ3) is 4.05. The molecule has 0 aliphatic heterocycles. The summed E-state index contributed by atoms with van der Waals surface area (Å²) in [4.78, 5) is 12.0. The van der Waals surface area contributed by atoms with E-state index in [0.29, 0.717) is 5.71 Å². The minimum Gasteiger partial charge on any atom is -0.497 e. The largest absolute Gasteiger partial charge is 0.497 e. The maximum absolute atomic E-state index is 12.0. The minimum atomic E-state index is 0.356. The van der Waals surface area contributed by atoms with E-state index in [2.05, 4.69) is 10.4 Å². The van der Waals surface area contributed by atoms with E-state index in [0.717, 1.165) is 46.0 Å². The fraction of sp³-hybridized carbons (Fsp3) is 0.160. The van der Waals surface area contributed by atoms with Crippen molar-refractivity contribution in [2.75, 3.05) is 24.5 Å². The molecule has 1 N–H and O–H groups in total. The Labute approximate surface area is 187 Å². The first kappa shape index (κ1) is 21.1. The van der Waals surface area contributed by atoms with Gasteiger partial charge in [0.05, 0.1) is 26.9 Å². The predicted octanol–water partition coefficient (Wildman–Crippen LogP) is 3.79. The highest BCUT2D eigenvalue weighted by Gasteiger charge is 2.25. The van der Waals surface area contributed by atoms with Gasteiger partial charge in [-0.3, -0.25) is 9.80 Å². The topological polar surface area (TPSA) is 62.7 Å². The van der Waals surface area contributed by atoms with Crippen LogP contribution >= 0.6 is 0 Å². The van der Waals surface area contributed by atoms with E-state index < -0.39 is 0 Å². The quantitative estimate of drug-likeness (QED) is 0.211. The summed E-state index contributed by atoms with van der Waals surface area (Å²) >= 11 is 0. The number of nitrogens with one attached hydrogen (secondary N) is 1. The normalized spacial score (nSPS) is 11.4. The van der Waals surface area contributed by atoms with E-state index >= 15 is 0 Å². The number of fused-ring (bicyclic) bond motifs is 1. The van der Waals surface area contributed by atoms with E-state index in [1.807, 2.05) is 103 Å². The van der Waals surface area contributed by atoms with Crippen LogP contribution in [0.4, 0.5) is 17.1 Å². The van der Waals surface area contributed by atoms with Crippen molar-refractivity contribution in [2.45, 2.75) is 0 Å². The van der Waals surface area contributed by atoms with Crippen LogP contribution in [-0.2, 0) is 18.9 Å². The molecule has 162 valence electrons. The third-order valence-corrected chi connectivity index (χ3v) is 5.46. The summed E-state index contributed by atoms with van der Waals surface area (Å²) in [6, 6.07) is 23.6. The molecule has 0 radical (unpaired) electrons. The van der Waals surface area contributed by atoms with E-state index in [1.165, 1.54) is 0 Å². The number of anilines is 3. The van der Waals surface area contributed by atoms with Crippen molar-refractivity contribution in [3.05, 3.63) is 78.6 Å². The second-order valence-corrected chi connectivity index (χ2v) is 7.46. The lowest BCUT2D eigenvalue weighted by Crippen LogP contribution is -2.37. The molecular weight excluding hydrogens is 402 g/mol. The molecule has 3 aromatic carbocycles. The Kier molecular flexibility index (Phi) is 5.89. The molecule has 0 saturated carbocycles. The average molecular weight is 429 g/mol. The van der Waals surface area contributed by atoms with Crippen LogP contribution in [-0.4, -0.2) is 30.7 Å². The van der Waals surface area contributed by atoms with E-state index in [1.54, 1.807) is 12.1 Å². The number of hydrogen-bond donors (Lipinski definition) is 1. The monoisotopic (exact) mass is 428 g/mol. The van der Waals surface area contributed by atoms with Crippen molar-refractivity contribution < 1.29 is 14.1 Å². The van der Waals surface area contributed by atoms with Gasteiger partial charge in [0.25, 0.3) is 0 Å². The first-order valence-electron chi connectivity index (χ1n) is 10.2. The van der Waals surface area contributed by atoms with Gasteiger partial charge in [0.2, 0.25) is 5.71 Å². The summed E-state index contributed by atoms with van der Waals surface area (Å²) < 4.78 is 9.16. The molecule has 0 atom stereocenters. The van der Waals surface area contributed by atoms with Crippen LogP contribution in [0.15, 0.2) is 77.9 Å². The van der Waals surface area contributed by atoms with Gasteiger partial charge in [-0.1, -0.05) is 12.1 Å². The second kappa shape index (κ2) is 8.93. The number of methoxy groups -OCH3 is 1. The molecule has 0 saturated heterocycles. The maximum Gasteiger partial charge on any atom is 0.313 e. The van der Waals surface area contributed by atoms with E-state index in [-0.39, 0.29) is 0 Å². The molecule has 0 fully saturated rings. The van der Waals surface area contributed by atoms with E-state index in [4.69, 9.17) is 4.74 Å². The maximum atomic E-state index is 12.0. The SMILES string of the molecule is COc1ccc(Nc2ccc(N(C)/N=C(\C=O)c3n(C)c4ccccc4[n+]3C)cc2)cc1. The number of hydrogen-bond acceptors (Lipinski definition) is 5. The van der Waals surface area contributed by atoms with Gasteiger partial charge in [-0.2, -0.15) is 5.10 Å². The predicted molar refractivity (Wildman–Crippen MR) is 128 cm³/mol. The zero-order valence-corrected chi connectivity index (χ0v) is 18.6. The molecule has 1 aromatic heterocycles. The lowest BCUT2D eigenvalue weighted by atomic mass is 10.2. The fourth-order valence-electron chi connectivity index (χ4n) is 3.77. The molecule has 0 amide bonds. The standard InChI is InChI=1S/C25H26N5O2/c1-28-23-7-5-6-8-24(23)29(2)25(28)22(17-31)27-30(3)20-13-9-18(10-14-20)26-19-11-15-21(32-4)16-12-19/h5-17,26H,1-4H3/q+1. The Balaban J connectivity index is 1.57. The van der Waals surface area contributed by atoms with Crippen molar-refractivity contribution in [1.82, 2.24) is 4.57 Å². The van der Waals surface area contributed by atoms with Gasteiger partial charge in [0.15, 0.2) is 17.3 Å². The molecule has 0 bridgehead atoms. The Morgan fingerprint density at radius 1 is 1.03 bits per heavy atom. The number of nitrogens with zero attached hydrogens (tertiary/aromatic N) is 4. The van der Waals surface area contributed by atoms with Crippen LogP contribution in [0.1, 0.15) is 5.82 Å². The lowest BCUT2D eigenvalue weighted by Gasteiger charge is -2.15. The molecule has 4 rings (SSSR count). The smallest absolute Gasteiger partial charge is 0.313 e. The Morgan fingerprint density at radius 2 is 1.66 bits per heavy atom. The van der Waals surface area contributed by atoms with Gasteiger partial charge >= 0.3 is 5.82 Å². The summed E-state index contributed by atoms with van der Waals surface area (Å²) in [5, 5.41) is 9.65. The van der Waals surface area contributed by atoms with Crippen molar-refractivity contribution in [3.8, 4) is 5.75 Å². The highest BCUT2D eigenvalue weighted by atomic mass is 16.5. The molecule has 7 heteroatoms. The third-order valence-electron chi connectivity index (χ3n) is 5.46. The Morgan fingerprint density at radius 3 is 2.25 bits per heavy atom. The highest BCUT2D eigenvalue weighted by molar-refractivity contribution is 6.35. The highest BCUT2D eigenvalue weighted by Crippen LogP contribution is 2.23. The van der Waals surface area contributed by atoms with Crippen LogP contribution in [0, 0.1) is 0 Å². The number of carbonyl (C=O) groups is 1. The van der Waals surface area contributed by atoms with Crippen LogP contribution in [0.2, 0.25) is 0 Å². The number of aldehydes is 1. The molecular formula is C25H26N5O2+. The number of para-hydroxylation sites is 2. The molecule has 1 heterocycles. The number of hydrazone groups is 1. The molecule has 4 aromatic rings. The Hall–Kier alpha value is -4.13. The summed E-state index contributed by atoms with van der Waals surface area (Å²) in [5.74, 6) is 1.56.